The van der Waals surface area contributed by atoms with Gasteiger partial charge in [-0.05, 0) is 0 Å². The lowest BCUT2D eigenvalue weighted by Gasteiger charge is -2.51. The Bertz CT molecular complexity index is 1660. The number of nitrogens with one attached hydrogen (secondary N) is 2. The van der Waals surface area contributed by atoms with E-state index in [9.17, 15) is 101 Å². The first-order valence-corrected chi connectivity index (χ1v) is 21.2. The highest BCUT2D eigenvalue weighted by Gasteiger charge is 2.61. The van der Waals surface area contributed by atoms with E-state index in [0.29, 0.717) is 0 Å². The first kappa shape index (κ1) is 56.3. The molecule has 0 aromatic rings. The zero-order chi connectivity index (χ0) is 50.7. The molecule has 0 aromatic carbocycles. The van der Waals surface area contributed by atoms with Gasteiger partial charge in [0.25, 0.3) is 5.79 Å². The molecule has 0 spiro atoms. The first-order chi connectivity index (χ1) is 32.0. The van der Waals surface area contributed by atoms with Crippen molar-refractivity contribution in [1.82, 2.24) is 10.6 Å². The predicted molar refractivity (Wildman–Crippen MR) is 207 cm³/mol. The van der Waals surface area contributed by atoms with Gasteiger partial charge in [0.1, 0.15) is 116 Å². The fourth-order valence-electron chi connectivity index (χ4n) is 8.53. The van der Waals surface area contributed by atoms with Crippen molar-refractivity contribution in [2.45, 2.75) is 179 Å². The minimum Gasteiger partial charge on any atom is -0.477 e. The molecule has 0 aromatic heterocycles. The van der Waals surface area contributed by atoms with Crippen LogP contribution in [0.2, 0.25) is 0 Å². The number of carbonyl (C=O) groups excluding carboxylic acids is 2. The van der Waals surface area contributed by atoms with Crippen molar-refractivity contribution >= 4 is 17.8 Å². The number of carbonyl (C=O) groups is 3. The predicted octanol–water partition coefficient (Wildman–Crippen LogP) is -12.4. The molecule has 5 rings (SSSR count). The Hall–Kier alpha value is -2.59. The highest BCUT2D eigenvalue weighted by atomic mass is 16.8. The van der Waals surface area contributed by atoms with Crippen molar-refractivity contribution in [1.29, 1.82) is 0 Å². The fraction of sp³-hybridized carbons (Fsp3) is 0.919. The summed E-state index contributed by atoms with van der Waals surface area (Å²) in [4.78, 5) is 37.5. The molecule has 31 heteroatoms. The Morgan fingerprint density at radius 2 is 1.07 bits per heavy atom. The number of hydrogen-bond acceptors (Lipinski definition) is 28. The third-order valence-corrected chi connectivity index (χ3v) is 12.1. The Balaban J connectivity index is 1.43. The standard InChI is InChI=1S/C37H62N2O29/c1-9(45)38-17-11(47)3-37(36(58)59,67-29(17)19(49)12(48)4-40)68-30-21(51)14(6-42)62-35(26(30)56)64-27-15(7-43)63-33(18(22(27)52)39-10(2)46)66-31-25(55)32(57)60-16(8-44)28(31)65-34-24(54)23(53)20(50)13(5-41)61-34/h11-35,40-44,47-57H,3-8H2,1-2H3,(H,38,45)(H,39,46)(H,58,59). The zero-order valence-corrected chi connectivity index (χ0v) is 36.2. The molecule has 0 bridgehead atoms. The Kier molecular flexibility index (Phi) is 19.7. The summed E-state index contributed by atoms with van der Waals surface area (Å²) >= 11 is 0. The van der Waals surface area contributed by atoms with Crippen LogP contribution in [0.3, 0.4) is 0 Å². The second-order valence-electron chi connectivity index (χ2n) is 16.8. The highest BCUT2D eigenvalue weighted by molar-refractivity contribution is 5.76. The van der Waals surface area contributed by atoms with Crippen LogP contribution < -0.4 is 10.6 Å². The van der Waals surface area contributed by atoms with Crippen molar-refractivity contribution in [3.8, 4) is 0 Å². The van der Waals surface area contributed by atoms with Crippen LogP contribution in [-0.4, -0.2) is 297 Å². The van der Waals surface area contributed by atoms with Gasteiger partial charge < -0.3 is 140 Å². The third kappa shape index (κ3) is 11.8. The van der Waals surface area contributed by atoms with Crippen molar-refractivity contribution in [2.75, 3.05) is 33.0 Å². The van der Waals surface area contributed by atoms with Crippen LogP contribution in [0.4, 0.5) is 0 Å². The maximum absolute atomic E-state index is 12.9. The molecule has 5 aliphatic rings. The largest absolute Gasteiger partial charge is 0.477 e. The first-order valence-electron chi connectivity index (χ1n) is 21.2. The lowest BCUT2D eigenvalue weighted by Crippen LogP contribution is -2.71. The van der Waals surface area contributed by atoms with Gasteiger partial charge in [-0.1, -0.05) is 0 Å². The summed E-state index contributed by atoms with van der Waals surface area (Å²) in [6.45, 7) is -3.26. The minimum absolute atomic E-state index is 0.813. The number of aliphatic carboxylic acids is 1. The summed E-state index contributed by atoms with van der Waals surface area (Å²) in [5, 5.41) is 185. The van der Waals surface area contributed by atoms with Crippen LogP contribution >= 0.6 is 0 Å². The molecule has 0 aliphatic carbocycles. The normalized spacial score (nSPS) is 46.6. The molecule has 68 heavy (non-hydrogen) atoms. The molecular formula is C37H62N2O29. The minimum atomic E-state index is -3.17. The van der Waals surface area contributed by atoms with E-state index in [1.54, 1.807) is 0 Å². The average Bonchev–Trinajstić information content (AvgIpc) is 3.29. The van der Waals surface area contributed by atoms with Gasteiger partial charge in [-0.15, -0.1) is 0 Å². The van der Waals surface area contributed by atoms with E-state index in [4.69, 9.17) is 42.6 Å². The molecule has 0 saturated carbocycles. The lowest BCUT2D eigenvalue weighted by atomic mass is 9.88. The van der Waals surface area contributed by atoms with Crippen molar-refractivity contribution < 1.29 is 144 Å². The molecule has 2 amide bonds. The molecule has 26 atom stereocenters. The number of hydrogen-bond donors (Lipinski definition) is 19. The second-order valence-corrected chi connectivity index (χ2v) is 16.8. The lowest BCUT2D eigenvalue weighted by molar-refractivity contribution is -0.392. The number of aliphatic hydroxyl groups is 16. The summed E-state index contributed by atoms with van der Waals surface area (Å²) in [5.74, 6) is -6.94. The number of aliphatic hydroxyl groups excluding tert-OH is 16. The average molecular weight is 999 g/mol. The number of ether oxygens (including phenoxy) is 9. The molecule has 19 N–H and O–H groups in total. The van der Waals surface area contributed by atoms with Gasteiger partial charge in [-0.3, -0.25) is 9.59 Å². The smallest absolute Gasteiger partial charge is 0.364 e. The third-order valence-electron chi connectivity index (χ3n) is 12.1. The summed E-state index contributed by atoms with van der Waals surface area (Å²) in [7, 11) is 0. The Morgan fingerprint density at radius 3 is 1.62 bits per heavy atom. The molecule has 394 valence electrons. The van der Waals surface area contributed by atoms with Crippen LogP contribution in [-0.2, 0) is 57.0 Å². The summed E-state index contributed by atoms with van der Waals surface area (Å²) in [5.41, 5.74) is 0. The van der Waals surface area contributed by atoms with E-state index in [1.165, 1.54) is 0 Å². The maximum atomic E-state index is 12.9. The second kappa shape index (κ2) is 23.8. The van der Waals surface area contributed by atoms with Gasteiger partial charge in [0.15, 0.2) is 25.2 Å². The topological polar surface area (TPSA) is 502 Å². The van der Waals surface area contributed by atoms with E-state index in [2.05, 4.69) is 10.6 Å². The number of carboxylic acid groups (broad SMARTS) is 1. The van der Waals surface area contributed by atoms with E-state index < -0.39 is 216 Å². The van der Waals surface area contributed by atoms with E-state index in [1.807, 2.05) is 0 Å². The van der Waals surface area contributed by atoms with Gasteiger partial charge in [0.2, 0.25) is 11.8 Å². The van der Waals surface area contributed by atoms with Gasteiger partial charge in [0.05, 0.1) is 45.2 Å². The van der Waals surface area contributed by atoms with Gasteiger partial charge in [-0.2, -0.15) is 0 Å². The van der Waals surface area contributed by atoms with Crippen LogP contribution in [0.1, 0.15) is 20.3 Å². The van der Waals surface area contributed by atoms with Gasteiger partial charge in [-0.25, -0.2) is 4.79 Å². The van der Waals surface area contributed by atoms with Gasteiger partial charge >= 0.3 is 5.97 Å². The Morgan fingerprint density at radius 1 is 0.574 bits per heavy atom. The fourth-order valence-corrected chi connectivity index (χ4v) is 8.53. The summed E-state index contributed by atoms with van der Waals surface area (Å²) < 4.78 is 50.9. The zero-order valence-electron chi connectivity index (χ0n) is 36.2. The van der Waals surface area contributed by atoms with Crippen LogP contribution in [0, 0.1) is 0 Å². The van der Waals surface area contributed by atoms with E-state index >= 15 is 0 Å². The molecule has 5 aliphatic heterocycles. The van der Waals surface area contributed by atoms with Gasteiger partial charge in [0, 0.05) is 20.3 Å². The van der Waals surface area contributed by atoms with E-state index in [0.717, 1.165) is 13.8 Å². The molecule has 5 fully saturated rings. The van der Waals surface area contributed by atoms with Crippen LogP contribution in [0.15, 0.2) is 0 Å². The highest BCUT2D eigenvalue weighted by Crippen LogP contribution is 2.39. The Labute approximate surface area is 384 Å². The van der Waals surface area contributed by atoms with Crippen molar-refractivity contribution in [3.63, 3.8) is 0 Å². The number of rotatable bonds is 18. The van der Waals surface area contributed by atoms with Crippen molar-refractivity contribution in [3.05, 3.63) is 0 Å². The molecular weight excluding hydrogens is 936 g/mol. The molecule has 26 unspecified atom stereocenters. The SMILES string of the molecule is CC(=O)NC1C(OC2C(O)C(O)OC(CO)C2OC2OC(CO)C(O)C(O)C2O)OC(CO)C(OC2OC(CO)C(O)C(OC3(C(=O)O)CC(O)C(NC(C)=O)C(C(O)C(O)CO)O3)C2O)C1O. The molecule has 5 saturated heterocycles. The van der Waals surface area contributed by atoms with Crippen LogP contribution in [0.25, 0.3) is 0 Å². The summed E-state index contributed by atoms with van der Waals surface area (Å²) in [6, 6.07) is -3.49. The number of amides is 2. The van der Waals surface area contributed by atoms with Crippen LogP contribution in [0.5, 0.6) is 0 Å². The maximum Gasteiger partial charge on any atom is 0.364 e. The molecule has 0 radical (unpaired) electrons. The summed E-state index contributed by atoms with van der Waals surface area (Å²) in [6.07, 6.45) is -47.3. The monoisotopic (exact) mass is 998 g/mol. The quantitative estimate of drug-likeness (QED) is 0.0606. The molecule has 5 heterocycles. The number of carboxylic acids is 1. The van der Waals surface area contributed by atoms with Crippen molar-refractivity contribution in [2.24, 2.45) is 0 Å². The van der Waals surface area contributed by atoms with E-state index in [-0.39, 0.29) is 0 Å². The molecule has 31 nitrogen and oxygen atoms in total.